The van der Waals surface area contributed by atoms with Crippen molar-refractivity contribution in [1.82, 2.24) is 0 Å². The van der Waals surface area contributed by atoms with Crippen LogP contribution in [0.3, 0.4) is 0 Å². The Morgan fingerprint density at radius 2 is 1.84 bits per heavy atom. The predicted molar refractivity (Wildman–Crippen MR) is 76.9 cm³/mol. The van der Waals surface area contributed by atoms with Crippen molar-refractivity contribution in [3.05, 3.63) is 29.3 Å². The summed E-state index contributed by atoms with van der Waals surface area (Å²) in [6.45, 7) is 4.22. The van der Waals surface area contributed by atoms with Gasteiger partial charge in [-0.1, -0.05) is 56.7 Å². The molecule has 0 radical (unpaired) electrons. The van der Waals surface area contributed by atoms with Gasteiger partial charge in [-0.3, -0.25) is 0 Å². The van der Waals surface area contributed by atoms with Gasteiger partial charge in [0.05, 0.1) is 0 Å². The topological polar surface area (TPSA) is 46.5 Å². The van der Waals surface area contributed by atoms with Gasteiger partial charge in [-0.15, -0.1) is 0 Å². The number of carboxylic acid groups (broad SMARTS) is 1. The van der Waals surface area contributed by atoms with E-state index in [1.807, 2.05) is 19.1 Å². The van der Waals surface area contributed by atoms with Crippen LogP contribution in [0.1, 0.15) is 56.6 Å². The Labute approximate surface area is 115 Å². The average Bonchev–Trinajstić information content (AvgIpc) is 2.36. The van der Waals surface area contributed by atoms with Gasteiger partial charge in [-0.2, -0.15) is 0 Å². The first-order valence-electron chi connectivity index (χ1n) is 7.13. The van der Waals surface area contributed by atoms with Gasteiger partial charge >= 0.3 is 6.16 Å². The third kappa shape index (κ3) is 6.27. The first-order valence-corrected chi connectivity index (χ1v) is 7.13. The molecule has 3 heteroatoms. The molecule has 0 fully saturated rings. The van der Waals surface area contributed by atoms with E-state index in [0.29, 0.717) is 5.75 Å². The van der Waals surface area contributed by atoms with Crippen molar-refractivity contribution in [2.24, 2.45) is 0 Å². The normalized spacial score (nSPS) is 10.4. The summed E-state index contributed by atoms with van der Waals surface area (Å²) in [5.41, 5.74) is 2.14. The van der Waals surface area contributed by atoms with Gasteiger partial charge in [-0.25, -0.2) is 4.79 Å². The van der Waals surface area contributed by atoms with Crippen LogP contribution in [0.15, 0.2) is 18.2 Å². The molecule has 0 heterocycles. The monoisotopic (exact) mass is 264 g/mol. The molecular weight excluding hydrogens is 240 g/mol. The van der Waals surface area contributed by atoms with Crippen LogP contribution in [0, 0.1) is 6.92 Å². The minimum Gasteiger partial charge on any atom is -0.449 e. The van der Waals surface area contributed by atoms with E-state index in [1.54, 1.807) is 6.07 Å². The fourth-order valence-electron chi connectivity index (χ4n) is 2.19. The van der Waals surface area contributed by atoms with Gasteiger partial charge < -0.3 is 9.84 Å². The van der Waals surface area contributed by atoms with E-state index in [2.05, 4.69) is 6.92 Å². The molecule has 0 spiro atoms. The maximum atomic E-state index is 10.6. The summed E-state index contributed by atoms with van der Waals surface area (Å²) in [7, 11) is 0. The summed E-state index contributed by atoms with van der Waals surface area (Å²) in [5, 5.41) is 8.71. The van der Waals surface area contributed by atoms with Crippen LogP contribution in [-0.4, -0.2) is 11.3 Å². The molecule has 0 bridgehead atoms. The predicted octanol–water partition coefficient (Wildman–Crippen LogP) is 4.95. The molecule has 19 heavy (non-hydrogen) atoms. The average molecular weight is 264 g/mol. The van der Waals surface area contributed by atoms with E-state index in [4.69, 9.17) is 9.84 Å². The van der Waals surface area contributed by atoms with Crippen LogP contribution < -0.4 is 4.74 Å². The van der Waals surface area contributed by atoms with Crippen LogP contribution in [-0.2, 0) is 6.42 Å². The lowest BCUT2D eigenvalue weighted by Crippen LogP contribution is -2.05. The summed E-state index contributed by atoms with van der Waals surface area (Å²) in [6, 6.07) is 5.64. The van der Waals surface area contributed by atoms with Gasteiger partial charge in [0, 0.05) is 0 Å². The van der Waals surface area contributed by atoms with Crippen molar-refractivity contribution in [3.63, 3.8) is 0 Å². The van der Waals surface area contributed by atoms with Crippen molar-refractivity contribution in [2.45, 2.75) is 58.8 Å². The molecule has 1 rings (SSSR count). The number of unbranched alkanes of at least 4 members (excludes halogenated alkanes) is 5. The second-order valence-corrected chi connectivity index (χ2v) is 5.00. The smallest absolute Gasteiger partial charge is 0.449 e. The fourth-order valence-corrected chi connectivity index (χ4v) is 2.19. The van der Waals surface area contributed by atoms with Crippen molar-refractivity contribution < 1.29 is 14.6 Å². The number of hydrogen-bond donors (Lipinski definition) is 1. The second kappa shape index (κ2) is 8.57. The summed E-state index contributed by atoms with van der Waals surface area (Å²) in [5.74, 6) is 0.478. The maximum Gasteiger partial charge on any atom is 0.511 e. The Hall–Kier alpha value is -1.51. The molecule has 0 aliphatic carbocycles. The molecule has 0 atom stereocenters. The number of ether oxygens (including phenoxy) is 1. The van der Waals surface area contributed by atoms with Crippen molar-refractivity contribution in [2.75, 3.05) is 0 Å². The van der Waals surface area contributed by atoms with E-state index in [9.17, 15) is 4.79 Å². The van der Waals surface area contributed by atoms with Crippen LogP contribution in [0.25, 0.3) is 0 Å². The van der Waals surface area contributed by atoms with E-state index in [-0.39, 0.29) is 0 Å². The van der Waals surface area contributed by atoms with Crippen LogP contribution in [0.2, 0.25) is 0 Å². The highest BCUT2D eigenvalue weighted by molar-refractivity contribution is 5.62. The van der Waals surface area contributed by atoms with Gasteiger partial charge in [0.2, 0.25) is 0 Å². The van der Waals surface area contributed by atoms with Crippen LogP contribution >= 0.6 is 0 Å². The number of benzene rings is 1. The Morgan fingerprint density at radius 3 is 2.53 bits per heavy atom. The van der Waals surface area contributed by atoms with E-state index in [0.717, 1.165) is 24.0 Å². The summed E-state index contributed by atoms with van der Waals surface area (Å²) in [4.78, 5) is 10.6. The molecule has 0 amide bonds. The first kappa shape index (κ1) is 15.5. The summed E-state index contributed by atoms with van der Waals surface area (Å²) in [6.07, 6.45) is 7.04. The minimum absolute atomic E-state index is 0.478. The molecule has 106 valence electrons. The van der Waals surface area contributed by atoms with E-state index < -0.39 is 6.16 Å². The Morgan fingerprint density at radius 1 is 1.16 bits per heavy atom. The van der Waals surface area contributed by atoms with Crippen LogP contribution in [0.4, 0.5) is 4.79 Å². The Bertz CT molecular complexity index is 399. The largest absolute Gasteiger partial charge is 0.511 e. The van der Waals surface area contributed by atoms with E-state index in [1.165, 1.54) is 32.1 Å². The molecule has 0 unspecified atom stereocenters. The Kier molecular flexibility index (Phi) is 7.01. The highest BCUT2D eigenvalue weighted by atomic mass is 16.7. The van der Waals surface area contributed by atoms with Crippen LogP contribution in [0.5, 0.6) is 5.75 Å². The summed E-state index contributed by atoms with van der Waals surface area (Å²) < 4.78 is 4.81. The van der Waals surface area contributed by atoms with Gasteiger partial charge in [0.15, 0.2) is 0 Å². The third-order valence-electron chi connectivity index (χ3n) is 3.21. The van der Waals surface area contributed by atoms with Crippen molar-refractivity contribution >= 4 is 6.16 Å². The third-order valence-corrected chi connectivity index (χ3v) is 3.21. The molecule has 1 aromatic rings. The molecule has 1 N–H and O–H groups in total. The Balaban J connectivity index is 2.46. The SMILES string of the molecule is CCCCCCCCc1cc(C)ccc1OC(=O)O. The zero-order chi connectivity index (χ0) is 14.1. The second-order valence-electron chi connectivity index (χ2n) is 5.00. The summed E-state index contributed by atoms with van der Waals surface area (Å²) >= 11 is 0. The molecule has 0 aliphatic heterocycles. The highest BCUT2D eigenvalue weighted by Gasteiger charge is 2.07. The molecule has 0 saturated heterocycles. The van der Waals surface area contributed by atoms with E-state index >= 15 is 0 Å². The zero-order valence-electron chi connectivity index (χ0n) is 11.9. The number of rotatable bonds is 8. The first-order chi connectivity index (χ1) is 9.13. The lowest BCUT2D eigenvalue weighted by atomic mass is 10.0. The quantitative estimate of drug-likeness (QED) is 0.410. The lowest BCUT2D eigenvalue weighted by molar-refractivity contribution is 0.144. The zero-order valence-corrected chi connectivity index (χ0v) is 11.9. The van der Waals surface area contributed by atoms with Crippen molar-refractivity contribution in [3.8, 4) is 5.75 Å². The number of hydrogen-bond acceptors (Lipinski definition) is 2. The number of carbonyl (C=O) groups is 1. The van der Waals surface area contributed by atoms with Crippen molar-refractivity contribution in [1.29, 1.82) is 0 Å². The molecule has 3 nitrogen and oxygen atoms in total. The molecule has 1 aromatic carbocycles. The molecular formula is C16H24O3. The fraction of sp³-hybridized carbons (Fsp3) is 0.562. The highest BCUT2D eigenvalue weighted by Crippen LogP contribution is 2.22. The molecule has 0 saturated carbocycles. The maximum absolute atomic E-state index is 10.6. The molecule has 0 aliphatic rings. The van der Waals surface area contributed by atoms with Gasteiger partial charge in [0.25, 0.3) is 0 Å². The number of aryl methyl sites for hydroxylation is 2. The van der Waals surface area contributed by atoms with Gasteiger partial charge in [-0.05, 0) is 31.4 Å². The van der Waals surface area contributed by atoms with Gasteiger partial charge in [0.1, 0.15) is 5.75 Å². The lowest BCUT2D eigenvalue weighted by Gasteiger charge is -2.09. The standard InChI is InChI=1S/C16H24O3/c1-3-4-5-6-7-8-9-14-12-13(2)10-11-15(14)19-16(17)18/h10-12H,3-9H2,1-2H3,(H,17,18). The molecule has 0 aromatic heterocycles. The minimum atomic E-state index is -1.24.